The average Bonchev–Trinajstić information content (AvgIpc) is 2.47. The lowest BCUT2D eigenvalue weighted by atomic mass is 10.3. The molecule has 1 unspecified atom stereocenters. The Morgan fingerprint density at radius 1 is 1.33 bits per heavy atom. The third-order valence-electron chi connectivity index (χ3n) is 2.86. The van der Waals surface area contributed by atoms with Crippen LogP contribution in [0.4, 0.5) is 0 Å². The summed E-state index contributed by atoms with van der Waals surface area (Å²) in [7, 11) is 0. The largest absolute Gasteiger partial charge is 0.486 e. The minimum Gasteiger partial charge on any atom is -0.486 e. The first-order valence-electron chi connectivity index (χ1n) is 6.61. The molecule has 0 bridgehead atoms. The SMILES string of the molecule is CC(NC(=O)CCSc1ccc2c(c1)OCCO2)C(=O)O. The Morgan fingerprint density at radius 2 is 2.05 bits per heavy atom. The van der Waals surface area contributed by atoms with Gasteiger partial charge in [0, 0.05) is 17.1 Å². The molecule has 2 N–H and O–H groups in total. The highest BCUT2D eigenvalue weighted by molar-refractivity contribution is 7.99. The highest BCUT2D eigenvalue weighted by atomic mass is 32.2. The first kappa shape index (κ1) is 15.5. The molecule has 0 saturated heterocycles. The molecule has 0 saturated carbocycles. The summed E-state index contributed by atoms with van der Waals surface area (Å²) in [5.41, 5.74) is 0. The molecule has 6 nitrogen and oxygen atoms in total. The van der Waals surface area contributed by atoms with Crippen molar-refractivity contribution in [3.63, 3.8) is 0 Å². The maximum absolute atomic E-state index is 11.5. The second-order valence-corrected chi connectivity index (χ2v) is 5.70. The van der Waals surface area contributed by atoms with E-state index in [9.17, 15) is 9.59 Å². The number of fused-ring (bicyclic) bond motifs is 1. The Morgan fingerprint density at radius 3 is 2.76 bits per heavy atom. The topological polar surface area (TPSA) is 84.9 Å². The van der Waals surface area contributed by atoms with Crippen molar-refractivity contribution in [2.45, 2.75) is 24.3 Å². The van der Waals surface area contributed by atoms with Crippen molar-refractivity contribution in [3.8, 4) is 11.5 Å². The number of hydrogen-bond donors (Lipinski definition) is 2. The van der Waals surface area contributed by atoms with E-state index < -0.39 is 12.0 Å². The van der Waals surface area contributed by atoms with Gasteiger partial charge in [0.1, 0.15) is 19.3 Å². The molecule has 0 spiro atoms. The van der Waals surface area contributed by atoms with E-state index >= 15 is 0 Å². The van der Waals surface area contributed by atoms with Gasteiger partial charge in [-0.3, -0.25) is 9.59 Å². The van der Waals surface area contributed by atoms with Crippen LogP contribution in [-0.4, -0.2) is 42.0 Å². The van der Waals surface area contributed by atoms with E-state index in [1.54, 1.807) is 0 Å². The summed E-state index contributed by atoms with van der Waals surface area (Å²) in [5, 5.41) is 11.1. The molecule has 21 heavy (non-hydrogen) atoms. The van der Waals surface area contributed by atoms with Crippen molar-refractivity contribution in [2.75, 3.05) is 19.0 Å². The molecule has 1 heterocycles. The van der Waals surface area contributed by atoms with E-state index in [4.69, 9.17) is 14.6 Å². The van der Waals surface area contributed by atoms with Crippen LogP contribution in [0.2, 0.25) is 0 Å². The minimum atomic E-state index is -1.04. The van der Waals surface area contributed by atoms with Gasteiger partial charge in [-0.1, -0.05) is 0 Å². The van der Waals surface area contributed by atoms with Crippen LogP contribution >= 0.6 is 11.8 Å². The summed E-state index contributed by atoms with van der Waals surface area (Å²) in [6.45, 7) is 2.53. The zero-order valence-electron chi connectivity index (χ0n) is 11.6. The first-order chi connectivity index (χ1) is 10.1. The van der Waals surface area contributed by atoms with Crippen molar-refractivity contribution in [2.24, 2.45) is 0 Å². The Labute approximate surface area is 126 Å². The van der Waals surface area contributed by atoms with Crippen LogP contribution in [0.25, 0.3) is 0 Å². The van der Waals surface area contributed by atoms with Gasteiger partial charge in [-0.25, -0.2) is 0 Å². The van der Waals surface area contributed by atoms with Gasteiger partial charge in [0.2, 0.25) is 5.91 Å². The molecule has 1 aliphatic rings. The molecule has 1 aromatic rings. The molecule has 2 rings (SSSR count). The number of carbonyl (C=O) groups excluding carboxylic acids is 1. The predicted molar refractivity (Wildman–Crippen MR) is 78.0 cm³/mol. The normalized spacial score (nSPS) is 14.3. The first-order valence-corrected chi connectivity index (χ1v) is 7.59. The fraction of sp³-hybridized carbons (Fsp3) is 0.429. The Kier molecular flexibility index (Phi) is 5.32. The summed E-state index contributed by atoms with van der Waals surface area (Å²) in [6, 6.07) is 4.79. The number of carboxylic acid groups (broad SMARTS) is 1. The Hall–Kier alpha value is -1.89. The molecule has 1 aromatic carbocycles. The van der Waals surface area contributed by atoms with Crippen LogP contribution < -0.4 is 14.8 Å². The lowest BCUT2D eigenvalue weighted by molar-refractivity contribution is -0.141. The monoisotopic (exact) mass is 311 g/mol. The molecule has 0 aliphatic carbocycles. The standard InChI is InChI=1S/C14H17NO5S/c1-9(14(17)18)15-13(16)4-7-21-10-2-3-11-12(8-10)20-6-5-19-11/h2-3,8-9H,4-7H2,1H3,(H,15,16)(H,17,18). The number of benzene rings is 1. The average molecular weight is 311 g/mol. The number of thioether (sulfide) groups is 1. The number of nitrogens with one attached hydrogen (secondary N) is 1. The van der Waals surface area contributed by atoms with E-state index in [0.717, 1.165) is 16.4 Å². The number of aliphatic carboxylic acids is 1. The van der Waals surface area contributed by atoms with Crippen LogP contribution in [0.15, 0.2) is 23.1 Å². The molecule has 1 aliphatic heterocycles. The Balaban J connectivity index is 1.78. The third kappa shape index (κ3) is 4.56. The second kappa shape index (κ2) is 7.21. The lowest BCUT2D eigenvalue weighted by Gasteiger charge is -2.18. The molecule has 0 fully saturated rings. The molecular weight excluding hydrogens is 294 g/mol. The Bertz CT molecular complexity index is 534. The highest BCUT2D eigenvalue weighted by Gasteiger charge is 2.14. The predicted octanol–water partition coefficient (Wildman–Crippen LogP) is 1.53. The highest BCUT2D eigenvalue weighted by Crippen LogP contribution is 2.34. The van der Waals surface area contributed by atoms with Crippen molar-refractivity contribution in [1.82, 2.24) is 5.32 Å². The maximum atomic E-state index is 11.5. The zero-order valence-corrected chi connectivity index (χ0v) is 12.4. The molecule has 1 amide bonds. The van der Waals surface area contributed by atoms with Gasteiger partial charge in [-0.05, 0) is 25.1 Å². The van der Waals surface area contributed by atoms with Gasteiger partial charge in [0.05, 0.1) is 0 Å². The van der Waals surface area contributed by atoms with Crippen LogP contribution in [0, 0.1) is 0 Å². The molecule has 7 heteroatoms. The van der Waals surface area contributed by atoms with Gasteiger partial charge in [-0.2, -0.15) is 0 Å². The van der Waals surface area contributed by atoms with Crippen LogP contribution in [0.5, 0.6) is 11.5 Å². The zero-order chi connectivity index (χ0) is 15.2. The molecule has 114 valence electrons. The summed E-state index contributed by atoms with van der Waals surface area (Å²) >= 11 is 1.51. The van der Waals surface area contributed by atoms with Crippen molar-refractivity contribution in [1.29, 1.82) is 0 Å². The van der Waals surface area contributed by atoms with Gasteiger partial charge in [0.25, 0.3) is 0 Å². The number of hydrogen-bond acceptors (Lipinski definition) is 5. The van der Waals surface area contributed by atoms with Gasteiger partial charge in [0.15, 0.2) is 11.5 Å². The van der Waals surface area contributed by atoms with E-state index in [2.05, 4.69) is 5.32 Å². The maximum Gasteiger partial charge on any atom is 0.325 e. The second-order valence-electron chi connectivity index (χ2n) is 4.53. The third-order valence-corrected chi connectivity index (χ3v) is 3.85. The smallest absolute Gasteiger partial charge is 0.325 e. The molecule has 0 radical (unpaired) electrons. The summed E-state index contributed by atoms with van der Waals surface area (Å²) in [5.74, 6) is 0.712. The fourth-order valence-corrected chi connectivity index (χ4v) is 2.63. The van der Waals surface area contributed by atoms with Crippen molar-refractivity contribution >= 4 is 23.6 Å². The number of rotatable bonds is 6. The molecule has 0 aromatic heterocycles. The van der Waals surface area contributed by atoms with E-state index in [1.807, 2.05) is 18.2 Å². The van der Waals surface area contributed by atoms with Crippen molar-refractivity contribution in [3.05, 3.63) is 18.2 Å². The van der Waals surface area contributed by atoms with Crippen molar-refractivity contribution < 1.29 is 24.2 Å². The molecular formula is C14H17NO5S. The van der Waals surface area contributed by atoms with Crippen LogP contribution in [0.3, 0.4) is 0 Å². The minimum absolute atomic E-state index is 0.261. The van der Waals surface area contributed by atoms with E-state index in [-0.39, 0.29) is 12.3 Å². The van der Waals surface area contributed by atoms with E-state index in [0.29, 0.717) is 19.0 Å². The van der Waals surface area contributed by atoms with Crippen LogP contribution in [0.1, 0.15) is 13.3 Å². The number of carboxylic acids is 1. The fourth-order valence-electron chi connectivity index (χ4n) is 1.75. The summed E-state index contributed by atoms with van der Waals surface area (Å²) in [4.78, 5) is 23.2. The quantitative estimate of drug-likeness (QED) is 0.775. The summed E-state index contributed by atoms with van der Waals surface area (Å²) < 4.78 is 10.9. The molecule has 1 atom stereocenters. The number of ether oxygens (including phenoxy) is 2. The number of amides is 1. The van der Waals surface area contributed by atoms with Gasteiger partial charge in [-0.15, -0.1) is 11.8 Å². The number of carbonyl (C=O) groups is 2. The lowest BCUT2D eigenvalue weighted by Crippen LogP contribution is -2.38. The van der Waals surface area contributed by atoms with Crippen LogP contribution in [-0.2, 0) is 9.59 Å². The van der Waals surface area contributed by atoms with E-state index in [1.165, 1.54) is 18.7 Å². The van der Waals surface area contributed by atoms with Gasteiger partial charge >= 0.3 is 5.97 Å². The van der Waals surface area contributed by atoms with Gasteiger partial charge < -0.3 is 19.9 Å². The summed E-state index contributed by atoms with van der Waals surface area (Å²) in [6.07, 6.45) is 0.261.